The number of halogens is 1. The second kappa shape index (κ2) is 8.04. The number of fused-ring (bicyclic) bond motifs is 1. The van der Waals surface area contributed by atoms with Crippen molar-refractivity contribution >= 4 is 12.0 Å². The fourth-order valence-electron chi connectivity index (χ4n) is 2.88. The summed E-state index contributed by atoms with van der Waals surface area (Å²) in [6.07, 6.45) is 4.19. The van der Waals surface area contributed by atoms with Gasteiger partial charge in [0.2, 0.25) is 5.91 Å². The van der Waals surface area contributed by atoms with Crippen LogP contribution in [0.15, 0.2) is 42.5 Å². The van der Waals surface area contributed by atoms with Gasteiger partial charge in [-0.2, -0.15) is 0 Å². The maximum Gasteiger partial charge on any atom is 0.244 e. The van der Waals surface area contributed by atoms with E-state index in [2.05, 4.69) is 5.32 Å². The fraction of sp³-hybridized carbons (Fsp3) is 0.286. The van der Waals surface area contributed by atoms with Gasteiger partial charge in [0.05, 0.1) is 6.61 Å². The minimum absolute atomic E-state index is 0.151. The lowest BCUT2D eigenvalue weighted by atomic mass is 10.1. The van der Waals surface area contributed by atoms with E-state index in [9.17, 15) is 9.18 Å². The van der Waals surface area contributed by atoms with Crippen LogP contribution in [0.1, 0.15) is 30.5 Å². The fourth-order valence-corrected chi connectivity index (χ4v) is 2.88. The highest BCUT2D eigenvalue weighted by atomic mass is 19.1. The summed E-state index contributed by atoms with van der Waals surface area (Å²) in [5, 5.41) is 2.78. The second-order valence-corrected chi connectivity index (χ2v) is 6.24. The molecule has 0 spiro atoms. The number of hydrogen-bond donors (Lipinski definition) is 1. The van der Waals surface area contributed by atoms with Crippen molar-refractivity contribution < 1.29 is 18.7 Å². The molecule has 0 bridgehead atoms. The maximum absolute atomic E-state index is 12.9. The van der Waals surface area contributed by atoms with E-state index in [1.165, 1.54) is 18.2 Å². The summed E-state index contributed by atoms with van der Waals surface area (Å²) in [4.78, 5) is 12.1. The maximum atomic E-state index is 12.9. The van der Waals surface area contributed by atoms with Crippen LogP contribution < -0.4 is 14.8 Å². The van der Waals surface area contributed by atoms with Gasteiger partial charge in [-0.05, 0) is 49.8 Å². The first kappa shape index (κ1) is 18.0. The van der Waals surface area contributed by atoms with Gasteiger partial charge < -0.3 is 14.8 Å². The van der Waals surface area contributed by atoms with Crippen LogP contribution >= 0.6 is 0 Å². The van der Waals surface area contributed by atoms with E-state index < -0.39 is 0 Å². The molecule has 1 unspecified atom stereocenters. The molecule has 1 amide bonds. The summed E-state index contributed by atoms with van der Waals surface area (Å²) >= 11 is 0. The van der Waals surface area contributed by atoms with E-state index in [0.717, 1.165) is 34.6 Å². The molecule has 0 saturated heterocycles. The zero-order chi connectivity index (χ0) is 18.5. The Kier molecular flexibility index (Phi) is 5.56. The second-order valence-electron chi connectivity index (χ2n) is 6.24. The Morgan fingerprint density at radius 2 is 2.12 bits per heavy atom. The molecule has 0 aliphatic carbocycles. The molecular formula is C21H22FNO3. The normalized spacial score (nSPS) is 15.6. The summed E-state index contributed by atoms with van der Waals surface area (Å²) in [5.74, 6) is 1.06. The lowest BCUT2D eigenvalue weighted by Crippen LogP contribution is -2.20. The number of nitrogens with one attached hydrogen (secondary N) is 1. The number of rotatable bonds is 6. The zero-order valence-corrected chi connectivity index (χ0v) is 14.9. The molecule has 1 heterocycles. The standard InChI is InChI=1S/C21H22FNO3/c1-3-25-19-12-17-10-14(2)26-20(17)11-16(19)6-9-21(24)23-13-15-4-7-18(22)8-5-15/h4-9,11-12,14H,3,10,13H2,1-2H3,(H,23,24). The van der Waals surface area contributed by atoms with Crippen molar-refractivity contribution in [2.45, 2.75) is 32.9 Å². The van der Waals surface area contributed by atoms with Gasteiger partial charge in [0, 0.05) is 30.2 Å². The largest absolute Gasteiger partial charge is 0.493 e. The van der Waals surface area contributed by atoms with E-state index in [0.29, 0.717) is 13.2 Å². The van der Waals surface area contributed by atoms with Gasteiger partial charge in [-0.1, -0.05) is 12.1 Å². The van der Waals surface area contributed by atoms with Crippen molar-refractivity contribution in [1.82, 2.24) is 5.32 Å². The van der Waals surface area contributed by atoms with Gasteiger partial charge in [-0.25, -0.2) is 4.39 Å². The van der Waals surface area contributed by atoms with Crippen molar-refractivity contribution in [2.24, 2.45) is 0 Å². The van der Waals surface area contributed by atoms with Crippen molar-refractivity contribution in [3.8, 4) is 11.5 Å². The van der Waals surface area contributed by atoms with Crippen LogP contribution in [0.5, 0.6) is 11.5 Å². The minimum atomic E-state index is -0.295. The molecule has 1 N–H and O–H groups in total. The van der Waals surface area contributed by atoms with Crippen LogP contribution in [0, 0.1) is 5.82 Å². The highest BCUT2D eigenvalue weighted by molar-refractivity contribution is 5.92. The van der Waals surface area contributed by atoms with E-state index in [-0.39, 0.29) is 17.8 Å². The molecule has 5 heteroatoms. The highest BCUT2D eigenvalue weighted by Crippen LogP contribution is 2.35. The predicted molar refractivity (Wildman–Crippen MR) is 98.7 cm³/mol. The summed E-state index contributed by atoms with van der Waals surface area (Å²) in [7, 11) is 0. The quantitative estimate of drug-likeness (QED) is 0.800. The summed E-state index contributed by atoms with van der Waals surface area (Å²) < 4.78 is 24.4. The van der Waals surface area contributed by atoms with Crippen LogP contribution in [0.25, 0.3) is 6.08 Å². The molecule has 2 aromatic rings. The minimum Gasteiger partial charge on any atom is -0.493 e. The third kappa shape index (κ3) is 4.42. The van der Waals surface area contributed by atoms with Crippen molar-refractivity contribution in [3.63, 3.8) is 0 Å². The average molecular weight is 355 g/mol. The Bertz CT molecular complexity index is 815. The zero-order valence-electron chi connectivity index (χ0n) is 14.9. The number of hydrogen-bond acceptors (Lipinski definition) is 3. The molecule has 0 saturated carbocycles. The third-order valence-corrected chi connectivity index (χ3v) is 4.12. The predicted octanol–water partition coefficient (Wildman–Crippen LogP) is 3.88. The molecule has 136 valence electrons. The van der Waals surface area contributed by atoms with E-state index in [4.69, 9.17) is 9.47 Å². The van der Waals surface area contributed by atoms with Crippen LogP contribution in [-0.2, 0) is 17.8 Å². The Morgan fingerprint density at radius 1 is 1.35 bits per heavy atom. The number of ether oxygens (including phenoxy) is 2. The number of benzene rings is 2. The summed E-state index contributed by atoms with van der Waals surface area (Å²) in [6.45, 7) is 4.84. The molecule has 3 rings (SSSR count). The first-order chi connectivity index (χ1) is 12.5. The molecule has 26 heavy (non-hydrogen) atoms. The lowest BCUT2D eigenvalue weighted by Gasteiger charge is -2.10. The molecule has 0 fully saturated rings. The number of carbonyl (C=O) groups excluding carboxylic acids is 1. The van der Waals surface area contributed by atoms with E-state index in [1.54, 1.807) is 18.2 Å². The Morgan fingerprint density at radius 3 is 2.85 bits per heavy atom. The van der Waals surface area contributed by atoms with Gasteiger partial charge in [-0.3, -0.25) is 4.79 Å². The van der Waals surface area contributed by atoms with Crippen molar-refractivity contribution in [3.05, 3.63) is 65.0 Å². The van der Waals surface area contributed by atoms with Crippen LogP contribution in [0.3, 0.4) is 0 Å². The lowest BCUT2D eigenvalue weighted by molar-refractivity contribution is -0.116. The Balaban J connectivity index is 1.67. The van der Waals surface area contributed by atoms with Crippen LogP contribution in [0.2, 0.25) is 0 Å². The Labute approximate surface area is 152 Å². The van der Waals surface area contributed by atoms with Gasteiger partial charge in [0.25, 0.3) is 0 Å². The molecule has 4 nitrogen and oxygen atoms in total. The summed E-state index contributed by atoms with van der Waals surface area (Å²) in [5.41, 5.74) is 2.76. The molecular weight excluding hydrogens is 333 g/mol. The molecule has 1 atom stereocenters. The first-order valence-corrected chi connectivity index (χ1v) is 8.72. The third-order valence-electron chi connectivity index (χ3n) is 4.12. The summed E-state index contributed by atoms with van der Waals surface area (Å²) in [6, 6.07) is 9.93. The number of amides is 1. The van der Waals surface area contributed by atoms with Gasteiger partial charge in [0.15, 0.2) is 0 Å². The first-order valence-electron chi connectivity index (χ1n) is 8.72. The molecule has 0 aromatic heterocycles. The molecule has 1 aliphatic rings. The Hall–Kier alpha value is -2.82. The molecule has 1 aliphatic heterocycles. The smallest absolute Gasteiger partial charge is 0.244 e. The van der Waals surface area contributed by atoms with Gasteiger partial charge in [0.1, 0.15) is 23.4 Å². The van der Waals surface area contributed by atoms with Gasteiger partial charge in [-0.15, -0.1) is 0 Å². The van der Waals surface area contributed by atoms with Crippen LogP contribution in [-0.4, -0.2) is 18.6 Å². The van der Waals surface area contributed by atoms with E-state index >= 15 is 0 Å². The van der Waals surface area contributed by atoms with Crippen molar-refractivity contribution in [2.75, 3.05) is 6.61 Å². The van der Waals surface area contributed by atoms with Crippen LogP contribution in [0.4, 0.5) is 4.39 Å². The SMILES string of the molecule is CCOc1cc2c(cc1C=CC(=O)NCc1ccc(F)cc1)OC(C)C2. The highest BCUT2D eigenvalue weighted by Gasteiger charge is 2.21. The monoisotopic (exact) mass is 355 g/mol. The van der Waals surface area contributed by atoms with E-state index in [1.807, 2.05) is 26.0 Å². The van der Waals surface area contributed by atoms with Gasteiger partial charge >= 0.3 is 0 Å². The average Bonchev–Trinajstić information content (AvgIpc) is 2.98. The molecule has 2 aromatic carbocycles. The number of carbonyl (C=O) groups is 1. The topological polar surface area (TPSA) is 47.6 Å². The van der Waals surface area contributed by atoms with Crippen molar-refractivity contribution in [1.29, 1.82) is 0 Å². The molecule has 0 radical (unpaired) electrons.